The molecule has 0 aromatic heterocycles. The molecule has 2 aliphatic rings. The topological polar surface area (TPSA) is 80.8 Å². The van der Waals surface area contributed by atoms with E-state index in [1.807, 2.05) is 18.2 Å². The van der Waals surface area contributed by atoms with E-state index in [1.54, 1.807) is 36.4 Å². The summed E-state index contributed by atoms with van der Waals surface area (Å²) in [5, 5.41) is 0.555. The van der Waals surface area contributed by atoms with Gasteiger partial charge < -0.3 is 9.64 Å². The average Bonchev–Trinajstić information content (AvgIpc) is 3.17. The van der Waals surface area contributed by atoms with Crippen LogP contribution in [0, 0.1) is 0 Å². The monoisotopic (exact) mass is 489 g/mol. The van der Waals surface area contributed by atoms with Crippen LogP contribution in [0.3, 0.4) is 0 Å². The highest BCUT2D eigenvalue weighted by molar-refractivity contribution is 7.91. The lowest BCUT2D eigenvalue weighted by Gasteiger charge is -2.36. The maximum Gasteiger partial charge on any atom is 0.317 e. The Morgan fingerprint density at radius 1 is 1.03 bits per heavy atom. The van der Waals surface area contributed by atoms with Crippen molar-refractivity contribution in [2.24, 2.45) is 0 Å². The Morgan fingerprint density at radius 2 is 1.76 bits per heavy atom. The van der Waals surface area contributed by atoms with Gasteiger partial charge in [-0.1, -0.05) is 61.2 Å². The molecule has 8 heteroatoms. The number of nitrogens with zero attached hydrogens (tertiary/aromatic N) is 1. The average molecular weight is 490 g/mol. The number of anilines is 1. The second-order valence-corrected chi connectivity index (χ2v) is 11.6. The van der Waals surface area contributed by atoms with Crippen molar-refractivity contribution in [3.63, 3.8) is 0 Å². The minimum Gasteiger partial charge on any atom is -0.455 e. The van der Waals surface area contributed by atoms with Gasteiger partial charge >= 0.3 is 5.97 Å². The van der Waals surface area contributed by atoms with Crippen molar-refractivity contribution in [3.05, 3.63) is 65.2 Å². The molecule has 1 amide bonds. The van der Waals surface area contributed by atoms with Gasteiger partial charge in [-0.15, -0.1) is 0 Å². The van der Waals surface area contributed by atoms with Crippen LogP contribution in [0.2, 0.25) is 5.02 Å². The number of benzene rings is 2. The maximum atomic E-state index is 13.4. The second-order valence-electron chi connectivity index (χ2n) is 8.89. The molecule has 2 aromatic rings. The van der Waals surface area contributed by atoms with E-state index in [9.17, 15) is 18.0 Å². The molecular weight excluding hydrogens is 462 g/mol. The predicted molar refractivity (Wildman–Crippen MR) is 128 cm³/mol. The van der Waals surface area contributed by atoms with E-state index < -0.39 is 39.8 Å². The van der Waals surface area contributed by atoms with E-state index in [-0.39, 0.29) is 11.5 Å². The first-order valence-corrected chi connectivity index (χ1v) is 13.5. The molecule has 0 spiro atoms. The van der Waals surface area contributed by atoms with Gasteiger partial charge in [0.1, 0.15) is 0 Å². The first kappa shape index (κ1) is 23.8. The summed E-state index contributed by atoms with van der Waals surface area (Å²) in [5.41, 5.74) is 0.592. The van der Waals surface area contributed by atoms with Gasteiger partial charge in [0.2, 0.25) is 0 Å². The number of rotatable bonds is 6. The first-order chi connectivity index (χ1) is 15.8. The number of halogens is 1. The molecule has 33 heavy (non-hydrogen) atoms. The highest BCUT2D eigenvalue weighted by Gasteiger charge is 2.43. The van der Waals surface area contributed by atoms with Crippen molar-refractivity contribution < 1.29 is 22.7 Å². The van der Waals surface area contributed by atoms with Crippen LogP contribution in [0.5, 0.6) is 0 Å². The number of amides is 1. The molecule has 4 rings (SSSR count). The fourth-order valence-corrected chi connectivity index (χ4v) is 6.90. The van der Waals surface area contributed by atoms with Gasteiger partial charge in [-0.25, -0.2) is 8.42 Å². The van der Waals surface area contributed by atoms with Crippen molar-refractivity contribution in [1.29, 1.82) is 0 Å². The van der Waals surface area contributed by atoms with Gasteiger partial charge in [0, 0.05) is 10.7 Å². The van der Waals surface area contributed by atoms with Crippen LogP contribution in [0.4, 0.5) is 5.69 Å². The number of carbonyl (C=O) groups excluding carboxylic acids is 2. The molecule has 1 heterocycles. The molecular formula is C25H28ClNO5S. The summed E-state index contributed by atoms with van der Waals surface area (Å²) in [4.78, 5) is 28.1. The summed E-state index contributed by atoms with van der Waals surface area (Å²) in [7, 11) is -3.19. The number of hydrogen-bond donors (Lipinski definition) is 0. The van der Waals surface area contributed by atoms with Gasteiger partial charge in [0.15, 0.2) is 16.4 Å². The molecule has 0 unspecified atom stereocenters. The Bertz CT molecular complexity index is 1110. The molecule has 176 valence electrons. The van der Waals surface area contributed by atoms with Gasteiger partial charge in [0.05, 0.1) is 23.0 Å². The van der Waals surface area contributed by atoms with Crippen molar-refractivity contribution >= 4 is 39.0 Å². The number of esters is 1. The molecule has 0 radical (unpaired) electrons. The highest BCUT2D eigenvalue weighted by atomic mass is 35.5. The van der Waals surface area contributed by atoms with E-state index in [1.165, 1.54) is 4.90 Å². The minimum atomic E-state index is -3.19. The Morgan fingerprint density at radius 3 is 2.39 bits per heavy atom. The molecule has 1 atom stereocenters. The van der Waals surface area contributed by atoms with Gasteiger partial charge in [-0.2, -0.15) is 0 Å². The van der Waals surface area contributed by atoms with Crippen LogP contribution in [0.1, 0.15) is 44.1 Å². The largest absolute Gasteiger partial charge is 0.455 e. The molecule has 0 N–H and O–H groups in total. The van der Waals surface area contributed by atoms with Gasteiger partial charge in [-0.05, 0) is 49.1 Å². The van der Waals surface area contributed by atoms with Crippen LogP contribution in [-0.2, 0) is 29.6 Å². The predicted octanol–water partition coefficient (Wildman–Crippen LogP) is 4.31. The summed E-state index contributed by atoms with van der Waals surface area (Å²) in [6.45, 7) is -0.438. The summed E-state index contributed by atoms with van der Waals surface area (Å²) in [6.07, 6.45) is 4.49. The number of ether oxygens (including phenoxy) is 1. The molecule has 6 nitrogen and oxygen atoms in total. The zero-order chi connectivity index (χ0) is 23.5. The lowest BCUT2D eigenvalue weighted by molar-refractivity contribution is -0.155. The van der Waals surface area contributed by atoms with Gasteiger partial charge in [0.25, 0.3) is 5.91 Å². The van der Waals surface area contributed by atoms with E-state index >= 15 is 0 Å². The Kier molecular flexibility index (Phi) is 7.10. The minimum absolute atomic E-state index is 0.0476. The molecule has 1 saturated carbocycles. The van der Waals surface area contributed by atoms with Crippen molar-refractivity contribution in [2.45, 2.75) is 50.0 Å². The van der Waals surface area contributed by atoms with Crippen LogP contribution in [0.25, 0.3) is 0 Å². The van der Waals surface area contributed by atoms with Crippen molar-refractivity contribution in [1.82, 2.24) is 0 Å². The lowest BCUT2D eigenvalue weighted by Crippen LogP contribution is -2.45. The van der Waals surface area contributed by atoms with E-state index in [0.717, 1.165) is 24.8 Å². The highest BCUT2D eigenvalue weighted by Crippen LogP contribution is 2.41. The summed E-state index contributed by atoms with van der Waals surface area (Å²) in [5.74, 6) is -0.890. The van der Waals surface area contributed by atoms with Crippen molar-refractivity contribution in [2.75, 3.05) is 23.0 Å². The number of sulfone groups is 1. The molecule has 2 aromatic carbocycles. The lowest BCUT2D eigenvalue weighted by atomic mass is 9.69. The summed E-state index contributed by atoms with van der Waals surface area (Å²) >= 11 is 6.20. The number of carbonyl (C=O) groups is 2. The zero-order valence-corrected chi connectivity index (χ0v) is 20.0. The van der Waals surface area contributed by atoms with E-state index in [4.69, 9.17) is 16.3 Å². The van der Waals surface area contributed by atoms with Crippen LogP contribution in [0.15, 0.2) is 54.6 Å². The number of hydrogen-bond acceptors (Lipinski definition) is 5. The first-order valence-electron chi connectivity index (χ1n) is 11.3. The summed E-state index contributed by atoms with van der Waals surface area (Å²) in [6, 6.07) is 15.8. The van der Waals surface area contributed by atoms with Crippen LogP contribution >= 0.6 is 11.6 Å². The summed E-state index contributed by atoms with van der Waals surface area (Å²) < 4.78 is 29.8. The fourth-order valence-electron chi connectivity index (χ4n) is 5.01. The molecule has 0 bridgehead atoms. The van der Waals surface area contributed by atoms with E-state index in [0.29, 0.717) is 30.0 Å². The van der Waals surface area contributed by atoms with Gasteiger partial charge in [-0.3, -0.25) is 9.59 Å². The number of para-hydroxylation sites is 1. The van der Waals surface area contributed by atoms with Crippen molar-refractivity contribution in [3.8, 4) is 0 Å². The molecule has 1 aliphatic carbocycles. The Labute approximate surface area is 199 Å². The molecule has 1 saturated heterocycles. The molecule has 1 aliphatic heterocycles. The normalized spacial score (nSPS) is 21.3. The third kappa shape index (κ3) is 5.25. The fraction of sp³-hybridized carbons (Fsp3) is 0.440. The van der Waals surface area contributed by atoms with Crippen LogP contribution in [-0.4, -0.2) is 44.4 Å². The maximum absolute atomic E-state index is 13.4. The third-order valence-corrected chi connectivity index (χ3v) is 8.66. The van der Waals surface area contributed by atoms with Crippen LogP contribution < -0.4 is 4.90 Å². The third-order valence-electron chi connectivity index (χ3n) is 6.68. The SMILES string of the molecule is O=C(COC(=O)C1(c2cccc(Cl)c2)CCCCC1)N(c1ccccc1)[C@H]1CCS(=O)(=O)C1. The zero-order valence-electron chi connectivity index (χ0n) is 18.4. The second kappa shape index (κ2) is 9.85. The van der Waals surface area contributed by atoms with E-state index in [2.05, 4.69) is 0 Å². The molecule has 2 fully saturated rings. The quantitative estimate of drug-likeness (QED) is 0.565. The standard InChI is InChI=1S/C25H28ClNO5S/c26-20-9-7-8-19(16-20)25(13-5-2-6-14-25)24(29)32-17-23(28)27(21-10-3-1-4-11-21)22-12-15-33(30,31)18-22/h1,3-4,7-11,16,22H,2,5-6,12-15,17-18H2/t22-/m0/s1. The Hall–Kier alpha value is -2.38. The smallest absolute Gasteiger partial charge is 0.317 e. The Balaban J connectivity index is 1.54.